The van der Waals surface area contributed by atoms with Gasteiger partial charge < -0.3 is 9.47 Å². The molecule has 17 heavy (non-hydrogen) atoms. The number of ether oxygens (including phenoxy) is 2. The van der Waals surface area contributed by atoms with Gasteiger partial charge in [0.2, 0.25) is 0 Å². The lowest BCUT2D eigenvalue weighted by molar-refractivity contribution is -0.102. The van der Waals surface area contributed by atoms with Crippen molar-refractivity contribution < 1.29 is 9.47 Å². The van der Waals surface area contributed by atoms with E-state index < -0.39 is 0 Å². The molecule has 0 aliphatic carbocycles. The minimum atomic E-state index is -0.162. The summed E-state index contributed by atoms with van der Waals surface area (Å²) in [5, 5.41) is 1.02. The first-order valence-corrected chi connectivity index (χ1v) is 6.08. The van der Waals surface area contributed by atoms with Crippen LogP contribution in [0.1, 0.15) is 11.6 Å². The van der Waals surface area contributed by atoms with Gasteiger partial charge in [0.05, 0.1) is 35.9 Å². The Morgan fingerprint density at radius 2 is 2.12 bits per heavy atom. The van der Waals surface area contributed by atoms with Crippen LogP contribution in [0.3, 0.4) is 0 Å². The highest BCUT2D eigenvalue weighted by atomic mass is 35.5. The highest BCUT2D eigenvalue weighted by molar-refractivity contribution is 6.42. The predicted molar refractivity (Wildman–Crippen MR) is 67.1 cm³/mol. The quantitative estimate of drug-likeness (QED) is 0.654. The van der Waals surface area contributed by atoms with Crippen LogP contribution in [0.2, 0.25) is 10.0 Å². The maximum absolute atomic E-state index is 5.98. The lowest BCUT2D eigenvalue weighted by Gasteiger charge is -2.30. The van der Waals surface area contributed by atoms with Crippen LogP contribution in [0.5, 0.6) is 0 Å². The normalized spacial score (nSPS) is 22.4. The van der Waals surface area contributed by atoms with E-state index in [9.17, 15) is 0 Å². The second kappa shape index (κ2) is 6.00. The largest absolute Gasteiger partial charge is 0.376 e. The molecule has 2 rings (SSSR count). The van der Waals surface area contributed by atoms with E-state index in [1.807, 2.05) is 6.07 Å². The minimum absolute atomic E-state index is 0.119. The van der Waals surface area contributed by atoms with Crippen molar-refractivity contribution in [3.05, 3.63) is 33.8 Å². The average molecular weight is 277 g/mol. The van der Waals surface area contributed by atoms with Gasteiger partial charge in [0, 0.05) is 0 Å². The third-order valence-electron chi connectivity index (χ3n) is 2.70. The van der Waals surface area contributed by atoms with Crippen molar-refractivity contribution in [1.29, 1.82) is 0 Å². The molecule has 3 N–H and O–H groups in total. The van der Waals surface area contributed by atoms with E-state index in [1.54, 1.807) is 12.1 Å². The monoisotopic (exact) mass is 276 g/mol. The molecule has 94 valence electrons. The van der Waals surface area contributed by atoms with Crippen LogP contribution < -0.4 is 11.3 Å². The van der Waals surface area contributed by atoms with Crippen molar-refractivity contribution in [2.75, 3.05) is 19.8 Å². The lowest BCUT2D eigenvalue weighted by Crippen LogP contribution is -2.43. The van der Waals surface area contributed by atoms with E-state index in [4.69, 9.17) is 38.5 Å². The van der Waals surface area contributed by atoms with Gasteiger partial charge >= 0.3 is 0 Å². The van der Waals surface area contributed by atoms with E-state index in [0.717, 1.165) is 5.56 Å². The zero-order valence-electron chi connectivity index (χ0n) is 9.16. The fourth-order valence-electron chi connectivity index (χ4n) is 1.82. The second-order valence-electron chi connectivity index (χ2n) is 3.80. The standard InChI is InChI=1S/C11H14Cl2N2O2/c12-8-2-1-7(5-9(8)13)11(15-14)10-6-16-3-4-17-10/h1-2,5,10-11,15H,3-4,6,14H2. The Bertz CT molecular complexity index is 384. The summed E-state index contributed by atoms with van der Waals surface area (Å²) < 4.78 is 11.0. The number of hydrogen-bond acceptors (Lipinski definition) is 4. The molecule has 1 aromatic carbocycles. The highest BCUT2D eigenvalue weighted by Gasteiger charge is 2.26. The molecular weight excluding hydrogens is 263 g/mol. The maximum atomic E-state index is 5.98. The average Bonchev–Trinajstić information content (AvgIpc) is 2.36. The Morgan fingerprint density at radius 1 is 1.29 bits per heavy atom. The van der Waals surface area contributed by atoms with Crippen molar-refractivity contribution in [3.8, 4) is 0 Å². The first-order chi connectivity index (χ1) is 8.22. The van der Waals surface area contributed by atoms with Crippen molar-refractivity contribution in [2.24, 2.45) is 5.84 Å². The molecule has 1 saturated heterocycles. The number of benzene rings is 1. The first kappa shape index (κ1) is 13.1. The minimum Gasteiger partial charge on any atom is -0.376 e. The van der Waals surface area contributed by atoms with E-state index in [1.165, 1.54) is 0 Å². The Hall–Kier alpha value is -0.360. The zero-order valence-corrected chi connectivity index (χ0v) is 10.7. The number of nitrogens with one attached hydrogen (secondary N) is 1. The summed E-state index contributed by atoms with van der Waals surface area (Å²) in [6.45, 7) is 1.70. The number of hydrazine groups is 1. The number of halogens is 2. The molecule has 0 saturated carbocycles. The number of hydrogen-bond donors (Lipinski definition) is 2. The molecule has 2 atom stereocenters. The van der Waals surface area contributed by atoms with Gasteiger partial charge in [0.1, 0.15) is 6.10 Å². The molecule has 0 amide bonds. The van der Waals surface area contributed by atoms with Gasteiger partial charge in [-0.05, 0) is 17.7 Å². The first-order valence-electron chi connectivity index (χ1n) is 5.33. The van der Waals surface area contributed by atoms with Gasteiger partial charge in [-0.3, -0.25) is 11.3 Å². The summed E-state index contributed by atoms with van der Waals surface area (Å²) in [7, 11) is 0. The molecule has 1 heterocycles. The van der Waals surface area contributed by atoms with Gasteiger partial charge in [-0.25, -0.2) is 0 Å². The van der Waals surface area contributed by atoms with Crippen molar-refractivity contribution in [2.45, 2.75) is 12.1 Å². The van der Waals surface area contributed by atoms with Crippen molar-refractivity contribution in [1.82, 2.24) is 5.43 Å². The Labute approximate surface area is 110 Å². The van der Waals surface area contributed by atoms with E-state index in [-0.39, 0.29) is 12.1 Å². The Morgan fingerprint density at radius 3 is 2.71 bits per heavy atom. The van der Waals surface area contributed by atoms with Crippen molar-refractivity contribution in [3.63, 3.8) is 0 Å². The van der Waals surface area contributed by atoms with Crippen LogP contribution in [0.15, 0.2) is 18.2 Å². The van der Waals surface area contributed by atoms with E-state index in [2.05, 4.69) is 5.43 Å². The Balaban J connectivity index is 2.18. The van der Waals surface area contributed by atoms with E-state index >= 15 is 0 Å². The molecular formula is C11H14Cl2N2O2. The van der Waals surface area contributed by atoms with Gasteiger partial charge in [0.25, 0.3) is 0 Å². The molecule has 1 aliphatic heterocycles. The summed E-state index contributed by atoms with van der Waals surface area (Å²) in [5.74, 6) is 5.56. The molecule has 1 aromatic rings. The molecule has 0 spiro atoms. The lowest BCUT2D eigenvalue weighted by atomic mass is 10.0. The van der Waals surface area contributed by atoms with Crippen LogP contribution in [0.25, 0.3) is 0 Å². The van der Waals surface area contributed by atoms with Crippen molar-refractivity contribution >= 4 is 23.2 Å². The fourth-order valence-corrected chi connectivity index (χ4v) is 2.13. The predicted octanol–water partition coefficient (Wildman–Crippen LogP) is 1.91. The summed E-state index contributed by atoms with van der Waals surface area (Å²) in [6.07, 6.45) is -0.119. The van der Waals surface area contributed by atoms with Crippen LogP contribution in [-0.4, -0.2) is 25.9 Å². The van der Waals surface area contributed by atoms with E-state index in [0.29, 0.717) is 29.9 Å². The molecule has 2 unspecified atom stereocenters. The van der Waals surface area contributed by atoms with Crippen LogP contribution in [0.4, 0.5) is 0 Å². The third-order valence-corrected chi connectivity index (χ3v) is 3.43. The highest BCUT2D eigenvalue weighted by Crippen LogP contribution is 2.28. The summed E-state index contributed by atoms with van der Waals surface area (Å²) in [4.78, 5) is 0. The van der Waals surface area contributed by atoms with Crippen LogP contribution in [-0.2, 0) is 9.47 Å². The summed E-state index contributed by atoms with van der Waals surface area (Å²) >= 11 is 11.9. The SMILES string of the molecule is NNC(c1ccc(Cl)c(Cl)c1)C1COCCO1. The summed E-state index contributed by atoms with van der Waals surface area (Å²) in [5.41, 5.74) is 3.66. The van der Waals surface area contributed by atoms with Gasteiger partial charge in [-0.15, -0.1) is 0 Å². The molecule has 0 aromatic heterocycles. The summed E-state index contributed by atoms with van der Waals surface area (Å²) in [6, 6.07) is 5.24. The van der Waals surface area contributed by atoms with Crippen LogP contribution in [0, 0.1) is 0 Å². The second-order valence-corrected chi connectivity index (χ2v) is 4.62. The number of nitrogens with two attached hydrogens (primary N) is 1. The zero-order chi connectivity index (χ0) is 12.3. The molecule has 4 nitrogen and oxygen atoms in total. The van der Waals surface area contributed by atoms with Crippen LogP contribution >= 0.6 is 23.2 Å². The topological polar surface area (TPSA) is 56.5 Å². The molecule has 1 fully saturated rings. The maximum Gasteiger partial charge on any atom is 0.102 e. The van der Waals surface area contributed by atoms with Gasteiger partial charge in [0.15, 0.2) is 0 Å². The fraction of sp³-hybridized carbons (Fsp3) is 0.455. The molecule has 1 aliphatic rings. The molecule has 0 radical (unpaired) electrons. The Kier molecular flexibility index (Phi) is 4.62. The van der Waals surface area contributed by atoms with Gasteiger partial charge in [-0.2, -0.15) is 0 Å². The van der Waals surface area contributed by atoms with Gasteiger partial charge in [-0.1, -0.05) is 29.3 Å². The third kappa shape index (κ3) is 3.10. The number of rotatable bonds is 3. The molecule has 6 heteroatoms. The molecule has 0 bridgehead atoms. The smallest absolute Gasteiger partial charge is 0.102 e.